The Hall–Kier alpha value is -1.59. The highest BCUT2D eigenvalue weighted by Crippen LogP contribution is 2.17. The molecule has 0 unspecified atom stereocenters. The van der Waals surface area contributed by atoms with E-state index in [1.165, 1.54) is 173 Å². The zero-order chi connectivity index (χ0) is 41.0. The van der Waals surface area contributed by atoms with Gasteiger partial charge in [-0.15, -0.1) is 0 Å². The molecule has 332 valence electrons. The van der Waals surface area contributed by atoms with Crippen molar-refractivity contribution in [3.05, 3.63) is 0 Å². The largest absolute Gasteiger partial charge is 0.462 e. The molecule has 0 aromatic carbocycles. The minimum atomic E-state index is -0.758. The summed E-state index contributed by atoms with van der Waals surface area (Å²) in [7, 11) is 0. The Bertz CT molecular complexity index is 841. The molecule has 0 bridgehead atoms. The zero-order valence-electron chi connectivity index (χ0n) is 38.1. The van der Waals surface area contributed by atoms with Gasteiger partial charge in [0.2, 0.25) is 0 Å². The molecule has 0 N–H and O–H groups in total. The molecule has 0 aromatic heterocycles. The van der Waals surface area contributed by atoms with Crippen molar-refractivity contribution >= 4 is 17.9 Å². The van der Waals surface area contributed by atoms with E-state index in [-0.39, 0.29) is 31.1 Å². The van der Waals surface area contributed by atoms with Crippen molar-refractivity contribution in [2.75, 3.05) is 13.2 Å². The van der Waals surface area contributed by atoms with Crippen LogP contribution < -0.4 is 0 Å². The summed E-state index contributed by atoms with van der Waals surface area (Å²) in [5, 5.41) is 0. The van der Waals surface area contributed by atoms with Gasteiger partial charge < -0.3 is 14.2 Å². The van der Waals surface area contributed by atoms with Gasteiger partial charge in [0.25, 0.3) is 0 Å². The van der Waals surface area contributed by atoms with Crippen molar-refractivity contribution < 1.29 is 28.6 Å². The van der Waals surface area contributed by atoms with Gasteiger partial charge >= 0.3 is 17.9 Å². The van der Waals surface area contributed by atoms with Crippen LogP contribution in [-0.4, -0.2) is 37.2 Å². The summed E-state index contributed by atoms with van der Waals surface area (Å²) in [4.78, 5) is 37.7. The van der Waals surface area contributed by atoms with Gasteiger partial charge in [-0.05, 0) is 25.2 Å². The summed E-state index contributed by atoms with van der Waals surface area (Å²) in [6.45, 7) is 8.99. The molecule has 0 saturated heterocycles. The third-order valence-electron chi connectivity index (χ3n) is 11.3. The predicted octanol–water partition coefficient (Wildman–Crippen LogP) is 15.9. The van der Waals surface area contributed by atoms with Gasteiger partial charge in [-0.1, -0.05) is 240 Å². The van der Waals surface area contributed by atoms with Crippen LogP contribution in [0.15, 0.2) is 0 Å². The first-order valence-electron chi connectivity index (χ1n) is 24.9. The first-order chi connectivity index (χ1) is 27.4. The highest BCUT2D eigenvalue weighted by molar-refractivity contribution is 5.71. The number of carbonyl (C=O) groups excluding carboxylic acids is 3. The molecule has 0 radical (unpaired) electrons. The number of ether oxygens (including phenoxy) is 3. The van der Waals surface area contributed by atoms with Gasteiger partial charge in [-0.2, -0.15) is 0 Å². The van der Waals surface area contributed by atoms with Gasteiger partial charge in [-0.3, -0.25) is 14.4 Å². The Morgan fingerprint density at radius 3 is 0.875 bits per heavy atom. The minimum absolute atomic E-state index is 0.0633. The highest BCUT2D eigenvalue weighted by atomic mass is 16.6. The highest BCUT2D eigenvalue weighted by Gasteiger charge is 2.19. The van der Waals surface area contributed by atoms with Crippen molar-refractivity contribution in [1.82, 2.24) is 0 Å². The molecule has 0 aromatic rings. The third-order valence-corrected chi connectivity index (χ3v) is 11.3. The molecule has 56 heavy (non-hydrogen) atoms. The van der Waals surface area contributed by atoms with Gasteiger partial charge in [0.1, 0.15) is 13.2 Å². The topological polar surface area (TPSA) is 78.9 Å². The average molecular weight is 793 g/mol. The van der Waals surface area contributed by atoms with Gasteiger partial charge in [0.05, 0.1) is 0 Å². The molecule has 0 saturated carbocycles. The van der Waals surface area contributed by atoms with Crippen LogP contribution in [0, 0.1) is 5.92 Å². The molecule has 0 fully saturated rings. The molecule has 6 heteroatoms. The summed E-state index contributed by atoms with van der Waals surface area (Å²) < 4.78 is 16.7. The fraction of sp³-hybridized carbons (Fsp3) is 0.940. The Kier molecular flexibility index (Phi) is 43.2. The number of unbranched alkanes of at least 4 members (excludes halogenated alkanes) is 32. The van der Waals surface area contributed by atoms with Crippen LogP contribution >= 0.6 is 0 Å². The Labute approximate surface area is 348 Å². The zero-order valence-corrected chi connectivity index (χ0v) is 38.1. The number of hydrogen-bond donors (Lipinski definition) is 0. The van der Waals surface area contributed by atoms with E-state index in [9.17, 15) is 14.4 Å². The minimum Gasteiger partial charge on any atom is -0.462 e. The molecule has 0 aliphatic heterocycles. The second-order valence-electron chi connectivity index (χ2n) is 17.6. The lowest BCUT2D eigenvalue weighted by atomic mass is 10.0. The van der Waals surface area contributed by atoms with Crippen LogP contribution in [0.4, 0.5) is 0 Å². The lowest BCUT2D eigenvalue weighted by Gasteiger charge is -2.18. The smallest absolute Gasteiger partial charge is 0.306 e. The molecule has 0 aliphatic carbocycles. The summed E-state index contributed by atoms with van der Waals surface area (Å²) in [6.07, 6.45) is 45.3. The maximum Gasteiger partial charge on any atom is 0.306 e. The van der Waals surface area contributed by atoms with Gasteiger partial charge in [-0.25, -0.2) is 0 Å². The molecule has 0 rings (SSSR count). The monoisotopic (exact) mass is 793 g/mol. The second kappa shape index (κ2) is 44.5. The van der Waals surface area contributed by atoms with Crippen molar-refractivity contribution in [2.24, 2.45) is 5.92 Å². The van der Waals surface area contributed by atoms with Crippen LogP contribution in [0.1, 0.15) is 278 Å². The predicted molar refractivity (Wildman–Crippen MR) is 238 cm³/mol. The SMILES string of the molecule is CCCCCCCCCCCCCCCC(=O)O[C@@H](COC(=O)CCCCCCCCC)COC(=O)CCCCCCCCCCCCCCCCCC(C)C. The van der Waals surface area contributed by atoms with E-state index in [2.05, 4.69) is 27.7 Å². The lowest BCUT2D eigenvalue weighted by molar-refractivity contribution is -0.167. The first-order valence-corrected chi connectivity index (χ1v) is 24.9. The normalized spacial score (nSPS) is 11.9. The molecule has 0 heterocycles. The molecule has 1 atom stereocenters. The third kappa shape index (κ3) is 43.5. The maximum atomic E-state index is 12.7. The van der Waals surface area contributed by atoms with Crippen molar-refractivity contribution in [1.29, 1.82) is 0 Å². The molecular formula is C50H96O6. The summed E-state index contributed by atoms with van der Waals surface area (Å²) in [5.41, 5.74) is 0. The Morgan fingerprint density at radius 1 is 0.339 bits per heavy atom. The quantitative estimate of drug-likeness (QED) is 0.0347. The summed E-state index contributed by atoms with van der Waals surface area (Å²) in [6, 6.07) is 0. The number of esters is 3. The Balaban J connectivity index is 4.19. The number of carbonyl (C=O) groups is 3. The van der Waals surface area contributed by atoms with Crippen LogP contribution in [0.25, 0.3) is 0 Å². The Morgan fingerprint density at radius 2 is 0.589 bits per heavy atom. The van der Waals surface area contributed by atoms with E-state index in [1.807, 2.05) is 0 Å². The van der Waals surface area contributed by atoms with Gasteiger partial charge in [0.15, 0.2) is 6.10 Å². The van der Waals surface area contributed by atoms with Crippen LogP contribution in [0.5, 0.6) is 0 Å². The first kappa shape index (κ1) is 54.4. The molecular weight excluding hydrogens is 697 g/mol. The standard InChI is InChI=1S/C50H96O6/c1-5-7-9-11-13-14-15-19-24-27-31-35-39-43-50(53)56-47(44-54-48(51)41-37-33-28-12-10-8-6-2)45-55-49(52)42-38-34-30-26-23-21-18-16-17-20-22-25-29-32-36-40-46(3)4/h46-47H,5-45H2,1-4H3/t47-/m0/s1. The van der Waals surface area contributed by atoms with Gasteiger partial charge in [0, 0.05) is 19.3 Å². The van der Waals surface area contributed by atoms with Crippen molar-refractivity contribution in [3.8, 4) is 0 Å². The number of hydrogen-bond acceptors (Lipinski definition) is 6. The lowest BCUT2D eigenvalue weighted by Crippen LogP contribution is -2.30. The van der Waals surface area contributed by atoms with Crippen molar-refractivity contribution in [3.63, 3.8) is 0 Å². The van der Waals surface area contributed by atoms with Crippen LogP contribution in [0.3, 0.4) is 0 Å². The van der Waals surface area contributed by atoms with Crippen LogP contribution in [0.2, 0.25) is 0 Å². The summed E-state index contributed by atoms with van der Waals surface area (Å²) in [5.74, 6) is -0.00454. The van der Waals surface area contributed by atoms with E-state index in [1.54, 1.807) is 0 Å². The van der Waals surface area contributed by atoms with E-state index in [0.29, 0.717) is 19.3 Å². The van der Waals surface area contributed by atoms with Crippen LogP contribution in [-0.2, 0) is 28.6 Å². The fourth-order valence-electron chi connectivity index (χ4n) is 7.51. The second-order valence-corrected chi connectivity index (χ2v) is 17.6. The molecule has 6 nitrogen and oxygen atoms in total. The fourth-order valence-corrected chi connectivity index (χ4v) is 7.51. The molecule has 0 amide bonds. The number of rotatable bonds is 45. The van der Waals surface area contributed by atoms with E-state index >= 15 is 0 Å². The summed E-state index contributed by atoms with van der Waals surface area (Å²) >= 11 is 0. The van der Waals surface area contributed by atoms with E-state index in [4.69, 9.17) is 14.2 Å². The maximum absolute atomic E-state index is 12.7. The van der Waals surface area contributed by atoms with E-state index < -0.39 is 6.10 Å². The molecule has 0 spiro atoms. The van der Waals surface area contributed by atoms with E-state index in [0.717, 1.165) is 63.7 Å². The average Bonchev–Trinajstić information content (AvgIpc) is 3.18. The molecule has 0 aliphatic rings. The van der Waals surface area contributed by atoms with Crippen molar-refractivity contribution in [2.45, 2.75) is 284 Å².